The molecule has 0 radical (unpaired) electrons. The van der Waals surface area contributed by atoms with Crippen LogP contribution in [0.2, 0.25) is 0 Å². The number of fused-ring (bicyclic) bond motifs is 1. The van der Waals surface area contributed by atoms with Crippen LogP contribution >= 0.6 is 0 Å². The third-order valence-corrected chi connectivity index (χ3v) is 4.81. The summed E-state index contributed by atoms with van der Waals surface area (Å²) in [6.45, 7) is 0.905. The second kappa shape index (κ2) is 9.73. The van der Waals surface area contributed by atoms with E-state index in [0.29, 0.717) is 36.9 Å². The largest absolute Gasteiger partial charge is 0.494 e. The third kappa shape index (κ3) is 4.86. The molecular weight excluding hydrogens is 386 g/mol. The fraction of sp³-hybridized carbons (Fsp3) is 0.261. The van der Waals surface area contributed by atoms with Gasteiger partial charge in [0.25, 0.3) is 0 Å². The van der Waals surface area contributed by atoms with Crippen molar-refractivity contribution in [2.75, 3.05) is 6.61 Å². The minimum absolute atomic E-state index is 0.0832. The Morgan fingerprint density at radius 2 is 1.57 bits per heavy atom. The van der Waals surface area contributed by atoms with Gasteiger partial charge >= 0.3 is 11.9 Å². The molecule has 3 aromatic rings. The number of aryl methyl sites for hydroxylation is 1. The molecule has 0 atom stereocenters. The number of aromatic carboxylic acids is 1. The molecule has 0 saturated heterocycles. The van der Waals surface area contributed by atoms with Gasteiger partial charge in [-0.3, -0.25) is 9.59 Å². The lowest BCUT2D eigenvalue weighted by Crippen LogP contribution is -2.14. The number of unbranched alkanes of at least 4 members (excludes halogenated alkanes) is 1. The number of aromatic nitrogens is 1. The van der Waals surface area contributed by atoms with Crippen molar-refractivity contribution in [3.05, 3.63) is 65.9 Å². The standard InChI is InChI=1S/C23H23NO6/c25-19(12-13-20(26)27)21-17-10-4-5-11-18(17)24(22(21)23(28)29)14-6-7-15-30-16-8-2-1-3-9-16/h1-5,8-11H,6-7,12-15H2,(H,26,27)(H,28,29). The van der Waals surface area contributed by atoms with Crippen LogP contribution in [0.5, 0.6) is 5.75 Å². The Labute approximate surface area is 173 Å². The van der Waals surface area contributed by atoms with E-state index in [4.69, 9.17) is 9.84 Å². The van der Waals surface area contributed by atoms with E-state index in [9.17, 15) is 19.5 Å². The number of benzene rings is 2. The Balaban J connectivity index is 1.79. The fourth-order valence-corrected chi connectivity index (χ4v) is 3.46. The molecular formula is C23H23NO6. The van der Waals surface area contributed by atoms with Gasteiger partial charge in [-0.25, -0.2) is 4.79 Å². The average molecular weight is 409 g/mol. The molecule has 1 heterocycles. The lowest BCUT2D eigenvalue weighted by molar-refractivity contribution is -0.136. The molecule has 3 rings (SSSR count). The molecule has 0 unspecified atom stereocenters. The SMILES string of the molecule is O=C(O)CCC(=O)c1c(C(=O)O)n(CCCCOc2ccccc2)c2ccccc12. The highest BCUT2D eigenvalue weighted by Gasteiger charge is 2.26. The van der Waals surface area contributed by atoms with Crippen molar-refractivity contribution in [1.29, 1.82) is 0 Å². The van der Waals surface area contributed by atoms with Crippen LogP contribution < -0.4 is 4.74 Å². The number of ether oxygens (including phenoxy) is 1. The van der Waals surface area contributed by atoms with Gasteiger partial charge in [0.1, 0.15) is 11.4 Å². The van der Waals surface area contributed by atoms with Crippen LogP contribution in [0.1, 0.15) is 46.5 Å². The zero-order chi connectivity index (χ0) is 21.5. The lowest BCUT2D eigenvalue weighted by Gasteiger charge is -2.10. The van der Waals surface area contributed by atoms with Crippen LogP contribution in [0.15, 0.2) is 54.6 Å². The summed E-state index contributed by atoms with van der Waals surface area (Å²) >= 11 is 0. The van der Waals surface area contributed by atoms with E-state index in [1.54, 1.807) is 28.8 Å². The van der Waals surface area contributed by atoms with Gasteiger partial charge in [-0.2, -0.15) is 0 Å². The molecule has 0 amide bonds. The molecule has 30 heavy (non-hydrogen) atoms. The summed E-state index contributed by atoms with van der Waals surface area (Å²) in [5.41, 5.74) is 0.646. The number of para-hydroxylation sites is 2. The van der Waals surface area contributed by atoms with Crippen LogP contribution in [-0.4, -0.2) is 39.1 Å². The molecule has 0 aliphatic rings. The number of carbonyl (C=O) groups excluding carboxylic acids is 1. The number of carbonyl (C=O) groups is 3. The fourth-order valence-electron chi connectivity index (χ4n) is 3.46. The van der Waals surface area contributed by atoms with Crippen LogP contribution in [0.4, 0.5) is 0 Å². The van der Waals surface area contributed by atoms with Crippen molar-refractivity contribution in [2.24, 2.45) is 0 Å². The lowest BCUT2D eigenvalue weighted by atomic mass is 10.0. The number of hydrogen-bond acceptors (Lipinski definition) is 4. The van der Waals surface area contributed by atoms with Crippen molar-refractivity contribution >= 4 is 28.6 Å². The van der Waals surface area contributed by atoms with Crippen LogP contribution in [0.3, 0.4) is 0 Å². The molecule has 2 aromatic carbocycles. The van der Waals surface area contributed by atoms with E-state index in [0.717, 1.165) is 5.75 Å². The number of ketones is 1. The molecule has 0 spiro atoms. The number of aliphatic carboxylic acids is 1. The molecule has 7 heteroatoms. The zero-order valence-electron chi connectivity index (χ0n) is 16.4. The van der Waals surface area contributed by atoms with Crippen LogP contribution in [0, 0.1) is 0 Å². The van der Waals surface area contributed by atoms with Crippen molar-refractivity contribution in [3.8, 4) is 5.75 Å². The van der Waals surface area contributed by atoms with Gasteiger partial charge in [0.15, 0.2) is 5.78 Å². The first kappa shape index (κ1) is 21.1. The summed E-state index contributed by atoms with van der Waals surface area (Å²) in [5, 5.41) is 19.2. The van der Waals surface area contributed by atoms with E-state index in [1.165, 1.54) is 0 Å². The second-order valence-electron chi connectivity index (χ2n) is 6.88. The first-order valence-electron chi connectivity index (χ1n) is 9.76. The summed E-state index contributed by atoms with van der Waals surface area (Å²) in [5.74, 6) is -1.99. The predicted octanol–water partition coefficient (Wildman–Crippen LogP) is 4.25. The number of carboxylic acids is 2. The second-order valence-corrected chi connectivity index (χ2v) is 6.88. The third-order valence-electron chi connectivity index (χ3n) is 4.81. The number of rotatable bonds is 11. The highest BCUT2D eigenvalue weighted by Crippen LogP contribution is 2.28. The molecule has 0 aliphatic heterocycles. The van der Waals surface area contributed by atoms with E-state index < -0.39 is 17.7 Å². The van der Waals surface area contributed by atoms with Crippen molar-refractivity contribution in [1.82, 2.24) is 4.57 Å². The molecule has 1 aromatic heterocycles. The summed E-state index contributed by atoms with van der Waals surface area (Å²) in [6, 6.07) is 16.4. The Morgan fingerprint density at radius 1 is 0.867 bits per heavy atom. The minimum atomic E-state index is -1.20. The number of nitrogens with zero attached hydrogens (tertiary/aromatic N) is 1. The monoisotopic (exact) mass is 409 g/mol. The normalized spacial score (nSPS) is 10.8. The Kier molecular flexibility index (Phi) is 6.85. The van der Waals surface area contributed by atoms with E-state index in [-0.39, 0.29) is 24.1 Å². The predicted molar refractivity (Wildman–Crippen MR) is 111 cm³/mol. The Morgan fingerprint density at radius 3 is 2.27 bits per heavy atom. The summed E-state index contributed by atoms with van der Waals surface area (Å²) in [4.78, 5) is 35.5. The smallest absolute Gasteiger partial charge is 0.353 e. The van der Waals surface area contributed by atoms with Crippen LogP contribution in [-0.2, 0) is 11.3 Å². The molecule has 0 fully saturated rings. The van der Waals surface area contributed by atoms with Crippen LogP contribution in [0.25, 0.3) is 10.9 Å². The van der Waals surface area contributed by atoms with Gasteiger partial charge in [0.05, 0.1) is 18.6 Å². The van der Waals surface area contributed by atoms with E-state index >= 15 is 0 Å². The number of carboxylic acid groups (broad SMARTS) is 2. The highest BCUT2D eigenvalue weighted by atomic mass is 16.5. The minimum Gasteiger partial charge on any atom is -0.494 e. The van der Waals surface area contributed by atoms with Crippen molar-refractivity contribution in [3.63, 3.8) is 0 Å². The molecule has 0 aliphatic carbocycles. The quantitative estimate of drug-likeness (QED) is 0.362. The maximum absolute atomic E-state index is 12.7. The van der Waals surface area contributed by atoms with Gasteiger partial charge in [-0.15, -0.1) is 0 Å². The first-order valence-corrected chi connectivity index (χ1v) is 9.76. The summed E-state index contributed by atoms with van der Waals surface area (Å²) in [7, 11) is 0. The topological polar surface area (TPSA) is 106 Å². The van der Waals surface area contributed by atoms with Gasteiger partial charge in [-0.1, -0.05) is 36.4 Å². The average Bonchev–Trinajstić information content (AvgIpc) is 3.07. The van der Waals surface area contributed by atoms with Crippen molar-refractivity contribution in [2.45, 2.75) is 32.2 Å². The maximum atomic E-state index is 12.7. The van der Waals surface area contributed by atoms with Gasteiger partial charge < -0.3 is 19.5 Å². The van der Waals surface area contributed by atoms with Gasteiger partial charge in [0.2, 0.25) is 0 Å². The molecule has 0 saturated carbocycles. The summed E-state index contributed by atoms with van der Waals surface area (Å²) < 4.78 is 7.30. The van der Waals surface area contributed by atoms with E-state index in [1.807, 2.05) is 30.3 Å². The Hall–Kier alpha value is -3.61. The van der Waals surface area contributed by atoms with E-state index in [2.05, 4.69) is 0 Å². The molecule has 7 nitrogen and oxygen atoms in total. The molecule has 156 valence electrons. The first-order chi connectivity index (χ1) is 14.5. The maximum Gasteiger partial charge on any atom is 0.353 e. The number of hydrogen-bond donors (Lipinski definition) is 2. The number of Topliss-reactive ketones (excluding diaryl/α,β-unsaturated/α-hetero) is 1. The zero-order valence-corrected chi connectivity index (χ0v) is 16.4. The Bertz CT molecular complexity index is 1050. The molecule has 0 bridgehead atoms. The highest BCUT2D eigenvalue weighted by molar-refractivity contribution is 6.15. The summed E-state index contributed by atoms with van der Waals surface area (Å²) in [6.07, 6.45) is 0.792. The van der Waals surface area contributed by atoms with Gasteiger partial charge in [0, 0.05) is 23.9 Å². The van der Waals surface area contributed by atoms with Gasteiger partial charge in [-0.05, 0) is 31.0 Å². The molecule has 2 N–H and O–H groups in total. The van der Waals surface area contributed by atoms with Crippen molar-refractivity contribution < 1.29 is 29.3 Å².